The van der Waals surface area contributed by atoms with Gasteiger partial charge in [-0.05, 0) is 38.5 Å². The molecule has 0 heterocycles. The van der Waals surface area contributed by atoms with Gasteiger partial charge >= 0.3 is 11.9 Å². The molecule has 0 amide bonds. The number of carbonyl (C=O) groups is 2. The number of allylic oxidation sites excluding steroid dienone is 2. The van der Waals surface area contributed by atoms with Crippen LogP contribution in [0.2, 0.25) is 0 Å². The van der Waals surface area contributed by atoms with E-state index >= 15 is 0 Å². The average molecular weight is 553 g/mol. The molecule has 0 aliphatic heterocycles. The van der Waals surface area contributed by atoms with Gasteiger partial charge in [-0.15, -0.1) is 0 Å². The van der Waals surface area contributed by atoms with E-state index in [-0.39, 0.29) is 5.97 Å². The summed E-state index contributed by atoms with van der Waals surface area (Å²) in [5.74, 6) is -0.731. The summed E-state index contributed by atoms with van der Waals surface area (Å²) in [6.45, 7) is 4.53. The van der Waals surface area contributed by atoms with Crippen LogP contribution in [0.5, 0.6) is 0 Å². The highest BCUT2D eigenvalue weighted by molar-refractivity contribution is 5.69. The van der Waals surface area contributed by atoms with Gasteiger partial charge in [-0.25, -0.2) is 0 Å². The van der Waals surface area contributed by atoms with Crippen molar-refractivity contribution in [3.63, 3.8) is 0 Å². The van der Waals surface area contributed by atoms with Crippen LogP contribution in [-0.2, 0) is 14.3 Å². The molecule has 0 rings (SSSR count). The molecule has 232 valence electrons. The average Bonchev–Trinajstić information content (AvgIpc) is 2.93. The highest BCUT2D eigenvalue weighted by Gasteiger charge is 1.99. The van der Waals surface area contributed by atoms with Gasteiger partial charge in [0.05, 0.1) is 7.11 Å². The summed E-state index contributed by atoms with van der Waals surface area (Å²) in [4.78, 5) is 21.2. The van der Waals surface area contributed by atoms with Crippen molar-refractivity contribution in [2.75, 3.05) is 7.11 Å². The van der Waals surface area contributed by atoms with Gasteiger partial charge < -0.3 is 9.84 Å². The molecule has 0 aromatic carbocycles. The monoisotopic (exact) mass is 553 g/mol. The van der Waals surface area contributed by atoms with Crippen LogP contribution < -0.4 is 0 Å². The van der Waals surface area contributed by atoms with E-state index in [2.05, 4.69) is 30.7 Å². The molecule has 0 spiro atoms. The van der Waals surface area contributed by atoms with E-state index in [1.54, 1.807) is 0 Å². The van der Waals surface area contributed by atoms with Gasteiger partial charge in [0.25, 0.3) is 0 Å². The van der Waals surface area contributed by atoms with Gasteiger partial charge in [0.15, 0.2) is 0 Å². The Morgan fingerprint density at radius 3 is 1.13 bits per heavy atom. The lowest BCUT2D eigenvalue weighted by molar-refractivity contribution is -0.141. The molecule has 0 atom stereocenters. The van der Waals surface area contributed by atoms with Crippen molar-refractivity contribution in [2.24, 2.45) is 0 Å². The lowest BCUT2D eigenvalue weighted by Gasteiger charge is -2.03. The first-order valence-electron chi connectivity index (χ1n) is 17.0. The van der Waals surface area contributed by atoms with E-state index in [1.807, 2.05) is 0 Å². The van der Waals surface area contributed by atoms with Crippen molar-refractivity contribution in [1.29, 1.82) is 0 Å². The summed E-state index contributed by atoms with van der Waals surface area (Å²) in [6, 6.07) is 0. The van der Waals surface area contributed by atoms with Gasteiger partial charge in [0, 0.05) is 12.8 Å². The minimum Gasteiger partial charge on any atom is -0.481 e. The van der Waals surface area contributed by atoms with Gasteiger partial charge in [-0.1, -0.05) is 154 Å². The van der Waals surface area contributed by atoms with Crippen LogP contribution >= 0.6 is 0 Å². The maximum absolute atomic E-state index is 10.9. The highest BCUT2D eigenvalue weighted by atomic mass is 16.5. The lowest BCUT2D eigenvalue weighted by Crippen LogP contribution is -1.99. The maximum atomic E-state index is 10.9. The zero-order valence-corrected chi connectivity index (χ0v) is 26.6. The van der Waals surface area contributed by atoms with E-state index in [1.165, 1.54) is 155 Å². The molecule has 4 heteroatoms. The first-order valence-corrected chi connectivity index (χ1v) is 17.0. The number of aliphatic carboxylic acids is 1. The summed E-state index contributed by atoms with van der Waals surface area (Å²) in [7, 11) is 1.46. The van der Waals surface area contributed by atoms with Crippen LogP contribution in [0.4, 0.5) is 0 Å². The van der Waals surface area contributed by atoms with Crippen molar-refractivity contribution in [2.45, 2.75) is 194 Å². The van der Waals surface area contributed by atoms with Gasteiger partial charge in [-0.2, -0.15) is 0 Å². The van der Waals surface area contributed by atoms with Crippen LogP contribution in [-0.4, -0.2) is 24.2 Å². The molecule has 0 aliphatic rings. The fraction of sp³-hybridized carbons (Fsp3) is 0.886. The molecule has 39 heavy (non-hydrogen) atoms. The summed E-state index contributed by atoms with van der Waals surface area (Å²) in [5.41, 5.74) is 0. The second kappa shape index (κ2) is 36.7. The van der Waals surface area contributed by atoms with Crippen molar-refractivity contribution in [3.8, 4) is 0 Å². The summed E-state index contributed by atoms with van der Waals surface area (Å²) < 4.78 is 4.62. The Morgan fingerprint density at radius 1 is 0.487 bits per heavy atom. The van der Waals surface area contributed by atoms with Gasteiger partial charge in [-0.3, -0.25) is 9.59 Å². The number of unbranched alkanes of at least 4 members (excludes halogenated alkanes) is 23. The third-order valence-corrected chi connectivity index (χ3v) is 7.36. The van der Waals surface area contributed by atoms with Crippen LogP contribution in [0.3, 0.4) is 0 Å². The normalized spacial score (nSPS) is 10.9. The lowest BCUT2D eigenvalue weighted by atomic mass is 10.0. The molecule has 0 aromatic rings. The molecule has 0 fully saturated rings. The topological polar surface area (TPSA) is 63.6 Å². The zero-order chi connectivity index (χ0) is 29.1. The predicted octanol–water partition coefficient (Wildman–Crippen LogP) is 11.7. The Hall–Kier alpha value is -1.32. The molecular formula is C35H68O4. The molecule has 0 aromatic heterocycles. The number of esters is 1. The molecule has 1 N–H and O–H groups in total. The number of hydrogen-bond donors (Lipinski definition) is 1. The zero-order valence-electron chi connectivity index (χ0n) is 26.6. The SMILES string of the molecule is CCCCCCCC/C=C\CCCCCCCC(=O)O.CCCCCCCCCCCCCCCC(=O)OC. The molecule has 0 radical (unpaired) electrons. The predicted molar refractivity (Wildman–Crippen MR) is 169 cm³/mol. The van der Waals surface area contributed by atoms with Crippen LogP contribution in [0.15, 0.2) is 12.2 Å². The van der Waals surface area contributed by atoms with E-state index in [4.69, 9.17) is 5.11 Å². The first kappa shape index (κ1) is 39.8. The molecule has 4 nitrogen and oxygen atoms in total. The minimum atomic E-state index is -0.664. The molecule has 0 unspecified atom stereocenters. The van der Waals surface area contributed by atoms with Crippen molar-refractivity contribution in [1.82, 2.24) is 0 Å². The maximum Gasteiger partial charge on any atom is 0.305 e. The fourth-order valence-corrected chi connectivity index (χ4v) is 4.74. The number of ether oxygens (including phenoxy) is 1. The Kier molecular flexibility index (Phi) is 37.5. The molecular weight excluding hydrogens is 484 g/mol. The molecule has 0 saturated carbocycles. The van der Waals surface area contributed by atoms with Crippen molar-refractivity contribution >= 4 is 11.9 Å². The Bertz CT molecular complexity index is 515. The van der Waals surface area contributed by atoms with Crippen LogP contribution in [0, 0.1) is 0 Å². The first-order chi connectivity index (χ1) is 19.1. The van der Waals surface area contributed by atoms with E-state index in [0.717, 1.165) is 19.3 Å². The quantitative estimate of drug-likeness (QED) is 0.0569. The minimum absolute atomic E-state index is 0.0666. The third-order valence-electron chi connectivity index (χ3n) is 7.36. The largest absolute Gasteiger partial charge is 0.481 e. The molecule has 0 saturated heterocycles. The molecule has 0 aliphatic carbocycles. The number of carbonyl (C=O) groups excluding carboxylic acids is 1. The second-order valence-electron chi connectivity index (χ2n) is 11.3. The van der Waals surface area contributed by atoms with Gasteiger partial charge in [0.2, 0.25) is 0 Å². The third kappa shape index (κ3) is 41.3. The number of hydrogen-bond acceptors (Lipinski definition) is 3. The number of methoxy groups -OCH3 is 1. The van der Waals surface area contributed by atoms with Crippen molar-refractivity contribution in [3.05, 3.63) is 12.2 Å². The second-order valence-corrected chi connectivity index (χ2v) is 11.3. The number of rotatable bonds is 29. The van der Waals surface area contributed by atoms with E-state index < -0.39 is 5.97 Å². The Labute approximate surface area is 244 Å². The number of carboxylic acids is 1. The van der Waals surface area contributed by atoms with E-state index in [9.17, 15) is 9.59 Å². The van der Waals surface area contributed by atoms with Crippen LogP contribution in [0.1, 0.15) is 194 Å². The van der Waals surface area contributed by atoms with Crippen LogP contribution in [0.25, 0.3) is 0 Å². The summed E-state index contributed by atoms with van der Waals surface area (Å²) >= 11 is 0. The molecule has 0 bridgehead atoms. The Balaban J connectivity index is 0. The highest BCUT2D eigenvalue weighted by Crippen LogP contribution is 2.13. The summed E-state index contributed by atoms with van der Waals surface area (Å²) in [6.07, 6.45) is 39.2. The van der Waals surface area contributed by atoms with Gasteiger partial charge in [0.1, 0.15) is 0 Å². The van der Waals surface area contributed by atoms with Crippen molar-refractivity contribution < 1.29 is 19.4 Å². The van der Waals surface area contributed by atoms with E-state index in [0.29, 0.717) is 12.8 Å². The number of carboxylic acid groups (broad SMARTS) is 1. The standard InChI is InChI=1S/C18H34O2.C17H34O2/c1-2-3-4-5-6-7-8-9-10-11-12-13-14-15-16-17-18(19)20;1-3-4-5-6-7-8-9-10-11-12-13-14-15-16-17(18)19-2/h9-10H,2-8,11-17H2,1H3,(H,19,20);3-16H2,1-2H3/b10-9-;. The fourth-order valence-electron chi connectivity index (χ4n) is 4.74. The smallest absolute Gasteiger partial charge is 0.305 e. The summed E-state index contributed by atoms with van der Waals surface area (Å²) in [5, 5.41) is 8.51. The Morgan fingerprint density at radius 2 is 0.795 bits per heavy atom.